The highest BCUT2D eigenvalue weighted by atomic mass is 31.2. The van der Waals surface area contributed by atoms with Crippen molar-refractivity contribution >= 4 is 19.2 Å². The van der Waals surface area contributed by atoms with Gasteiger partial charge in [0.05, 0.1) is 0 Å². The summed E-state index contributed by atoms with van der Waals surface area (Å²) in [5.41, 5.74) is 1.29. The lowest BCUT2D eigenvalue weighted by Gasteiger charge is -2.23. The summed E-state index contributed by atoms with van der Waals surface area (Å²) in [5, 5.41) is 11.4. The number of carbonyl (C=O) groups excluding carboxylic acids is 1. The predicted octanol–water partition coefficient (Wildman–Crippen LogP) is 2.73. The van der Waals surface area contributed by atoms with E-state index in [0.29, 0.717) is 12.0 Å². The third-order valence-electron chi connectivity index (χ3n) is 3.73. The number of carbonyl (C=O) groups is 2. The van der Waals surface area contributed by atoms with Crippen molar-refractivity contribution in [2.75, 3.05) is 6.16 Å². The monoisotopic (exact) mass is 361 g/mol. The lowest BCUT2D eigenvalue weighted by Crippen LogP contribution is -2.36. The molecule has 2 rings (SSSR count). The summed E-state index contributed by atoms with van der Waals surface area (Å²) in [6.07, 6.45) is -0.268. The highest BCUT2D eigenvalue weighted by molar-refractivity contribution is 7.59. The van der Waals surface area contributed by atoms with E-state index in [1.54, 1.807) is 30.3 Å². The minimum Gasteiger partial charge on any atom is -0.481 e. The summed E-state index contributed by atoms with van der Waals surface area (Å²) in [4.78, 5) is 33.4. The van der Waals surface area contributed by atoms with E-state index in [1.165, 1.54) is 0 Å². The molecule has 2 aromatic rings. The second-order valence-electron chi connectivity index (χ2n) is 5.69. The molecule has 0 aliphatic carbocycles. The Morgan fingerprint density at radius 1 is 1.00 bits per heavy atom. The summed E-state index contributed by atoms with van der Waals surface area (Å²) in [6, 6.07) is 17.6. The molecule has 0 aliphatic rings. The number of rotatable bonds is 8. The first-order chi connectivity index (χ1) is 11.9. The van der Waals surface area contributed by atoms with Crippen molar-refractivity contribution in [3.05, 3.63) is 71.8 Å². The Labute approximate surface area is 146 Å². The van der Waals surface area contributed by atoms with Crippen LogP contribution in [-0.2, 0) is 15.8 Å². The number of hydrogen-bond donors (Lipinski definition) is 3. The van der Waals surface area contributed by atoms with Gasteiger partial charge in [-0.25, -0.2) is 0 Å². The number of benzene rings is 2. The van der Waals surface area contributed by atoms with Gasteiger partial charge >= 0.3 is 5.97 Å². The quantitative estimate of drug-likeness (QED) is 0.627. The Hall–Kier alpha value is -2.43. The molecule has 1 amide bonds. The van der Waals surface area contributed by atoms with Crippen LogP contribution in [0, 0.1) is 0 Å². The zero-order valence-electron chi connectivity index (χ0n) is 13.5. The smallest absolute Gasteiger partial charge is 0.313 e. The summed E-state index contributed by atoms with van der Waals surface area (Å²) < 4.78 is 12.5. The van der Waals surface area contributed by atoms with Gasteiger partial charge in [0, 0.05) is 5.56 Å². The van der Waals surface area contributed by atoms with Gasteiger partial charge in [0.2, 0.25) is 7.37 Å². The third kappa shape index (κ3) is 5.85. The van der Waals surface area contributed by atoms with Gasteiger partial charge in [0.1, 0.15) is 11.9 Å². The van der Waals surface area contributed by atoms with Crippen LogP contribution in [0.15, 0.2) is 60.7 Å². The maximum atomic E-state index is 12.5. The number of amides is 1. The number of hydrogen-bond acceptors (Lipinski definition) is 3. The fourth-order valence-corrected chi connectivity index (χ4v) is 3.91. The average molecular weight is 361 g/mol. The number of carboxylic acids is 1. The van der Waals surface area contributed by atoms with Crippen molar-refractivity contribution in [1.29, 1.82) is 0 Å². The summed E-state index contributed by atoms with van der Waals surface area (Å²) in [5.74, 6) is -3.00. The summed E-state index contributed by atoms with van der Waals surface area (Å²) in [7, 11) is -4.10. The minimum atomic E-state index is -4.10. The standard InChI is InChI=1S/C18H20NO5P/c20-17(21)13-25(23,24)16(12-11-14-7-3-1-4-8-14)19-18(22)15-9-5-2-6-10-15/h1-10,16H,11-13H2,(H,19,22)(H,20,21)(H,23,24). The molecule has 0 saturated heterocycles. The fraction of sp³-hybridized carbons (Fsp3) is 0.222. The molecule has 132 valence electrons. The van der Waals surface area contributed by atoms with Crippen molar-refractivity contribution in [3.8, 4) is 0 Å². The van der Waals surface area contributed by atoms with Crippen molar-refractivity contribution in [1.82, 2.24) is 5.32 Å². The maximum absolute atomic E-state index is 12.5. The Morgan fingerprint density at radius 3 is 2.12 bits per heavy atom. The summed E-state index contributed by atoms with van der Waals surface area (Å²) in [6.45, 7) is 0. The highest BCUT2D eigenvalue weighted by Gasteiger charge is 2.34. The lowest BCUT2D eigenvalue weighted by molar-refractivity contribution is -0.134. The molecule has 0 radical (unpaired) electrons. The molecule has 7 heteroatoms. The zero-order valence-corrected chi connectivity index (χ0v) is 14.4. The topological polar surface area (TPSA) is 104 Å². The SMILES string of the molecule is O=C(O)CP(=O)(O)C(CCc1ccccc1)NC(=O)c1ccccc1. The molecule has 0 saturated carbocycles. The Bertz CT molecular complexity index is 764. The number of aliphatic carboxylic acids is 1. The average Bonchev–Trinajstić information content (AvgIpc) is 2.58. The van der Waals surface area contributed by atoms with Gasteiger partial charge in [0.25, 0.3) is 5.91 Å². The minimum absolute atomic E-state index is 0.170. The molecular formula is C18H20NO5P. The molecule has 2 aromatic carbocycles. The van der Waals surface area contributed by atoms with E-state index in [0.717, 1.165) is 5.56 Å². The van der Waals surface area contributed by atoms with Crippen molar-refractivity contribution < 1.29 is 24.2 Å². The van der Waals surface area contributed by atoms with Gasteiger partial charge in [-0.15, -0.1) is 0 Å². The van der Waals surface area contributed by atoms with Crippen LogP contribution in [0.25, 0.3) is 0 Å². The molecule has 2 atom stereocenters. The van der Waals surface area contributed by atoms with E-state index >= 15 is 0 Å². The molecule has 0 spiro atoms. The first-order valence-corrected chi connectivity index (χ1v) is 9.73. The Kier molecular flexibility index (Phi) is 6.51. The van der Waals surface area contributed by atoms with Gasteiger partial charge in [-0.05, 0) is 30.5 Å². The van der Waals surface area contributed by atoms with Gasteiger partial charge in [-0.2, -0.15) is 0 Å². The molecule has 0 aliphatic heterocycles. The zero-order chi connectivity index (χ0) is 18.3. The maximum Gasteiger partial charge on any atom is 0.313 e. The van der Waals surface area contributed by atoms with E-state index in [9.17, 15) is 19.0 Å². The van der Waals surface area contributed by atoms with Crippen LogP contribution in [0.3, 0.4) is 0 Å². The second-order valence-corrected chi connectivity index (χ2v) is 8.14. The Morgan fingerprint density at radius 2 is 1.56 bits per heavy atom. The van der Waals surface area contributed by atoms with Crippen LogP contribution in [0.5, 0.6) is 0 Å². The molecule has 0 bridgehead atoms. The van der Waals surface area contributed by atoms with Crippen LogP contribution in [-0.4, -0.2) is 33.8 Å². The number of aryl methyl sites for hydroxylation is 1. The van der Waals surface area contributed by atoms with E-state index in [1.807, 2.05) is 30.3 Å². The van der Waals surface area contributed by atoms with E-state index in [2.05, 4.69) is 5.32 Å². The molecule has 3 N–H and O–H groups in total. The van der Waals surface area contributed by atoms with Gasteiger partial charge in [-0.1, -0.05) is 48.5 Å². The fourth-order valence-electron chi connectivity index (χ4n) is 2.45. The van der Waals surface area contributed by atoms with Gasteiger partial charge in [0.15, 0.2) is 0 Å². The van der Waals surface area contributed by atoms with Crippen LogP contribution >= 0.6 is 7.37 Å². The molecular weight excluding hydrogens is 341 g/mol. The molecule has 0 fully saturated rings. The molecule has 0 heterocycles. The summed E-state index contributed by atoms with van der Waals surface area (Å²) >= 11 is 0. The molecule has 0 aromatic heterocycles. The van der Waals surface area contributed by atoms with Crippen molar-refractivity contribution in [2.45, 2.75) is 18.6 Å². The Balaban J connectivity index is 2.15. The van der Waals surface area contributed by atoms with Gasteiger partial charge in [-0.3, -0.25) is 14.2 Å². The lowest BCUT2D eigenvalue weighted by atomic mass is 10.1. The number of carboxylic acid groups (broad SMARTS) is 1. The van der Waals surface area contributed by atoms with Crippen molar-refractivity contribution in [2.24, 2.45) is 0 Å². The van der Waals surface area contributed by atoms with E-state index in [-0.39, 0.29) is 6.42 Å². The molecule has 25 heavy (non-hydrogen) atoms. The van der Waals surface area contributed by atoms with E-state index in [4.69, 9.17) is 5.11 Å². The first kappa shape index (κ1) is 18.9. The van der Waals surface area contributed by atoms with Crippen LogP contribution in [0.4, 0.5) is 0 Å². The number of nitrogens with one attached hydrogen (secondary N) is 1. The van der Waals surface area contributed by atoms with Crippen LogP contribution in [0.1, 0.15) is 22.3 Å². The largest absolute Gasteiger partial charge is 0.481 e. The second kappa shape index (κ2) is 8.60. The van der Waals surface area contributed by atoms with Crippen LogP contribution < -0.4 is 5.32 Å². The van der Waals surface area contributed by atoms with Crippen molar-refractivity contribution in [3.63, 3.8) is 0 Å². The molecule has 6 nitrogen and oxygen atoms in total. The molecule has 2 unspecified atom stereocenters. The normalized spacial score (nSPS) is 14.3. The van der Waals surface area contributed by atoms with E-state index < -0.39 is 31.2 Å². The predicted molar refractivity (Wildman–Crippen MR) is 94.8 cm³/mol. The first-order valence-electron chi connectivity index (χ1n) is 7.81. The highest BCUT2D eigenvalue weighted by Crippen LogP contribution is 2.46. The van der Waals surface area contributed by atoms with Crippen LogP contribution in [0.2, 0.25) is 0 Å². The third-order valence-corrected chi connectivity index (χ3v) is 5.82. The van der Waals surface area contributed by atoms with Gasteiger partial charge < -0.3 is 15.3 Å².